The number of carbonyl (C=O) groups is 1. The minimum absolute atomic E-state index is 0.113. The van der Waals surface area contributed by atoms with Gasteiger partial charge in [0.15, 0.2) is 0 Å². The van der Waals surface area contributed by atoms with Gasteiger partial charge in [0.1, 0.15) is 0 Å². The molecule has 1 heterocycles. The van der Waals surface area contributed by atoms with E-state index in [2.05, 4.69) is 36.4 Å². The zero-order chi connectivity index (χ0) is 20.4. The third-order valence-electron chi connectivity index (χ3n) is 7.85. The Balaban J connectivity index is 1.56. The summed E-state index contributed by atoms with van der Waals surface area (Å²) in [6.07, 6.45) is 5.28. The molecule has 3 aliphatic rings. The molecule has 0 aromatic heterocycles. The Labute approximate surface area is 170 Å². The first-order chi connectivity index (χ1) is 13.2. The Morgan fingerprint density at radius 3 is 2.57 bits per heavy atom. The van der Waals surface area contributed by atoms with Crippen molar-refractivity contribution in [2.24, 2.45) is 16.7 Å². The molecular weight excluding hydrogens is 354 g/mol. The number of hydrogen-bond donors (Lipinski definition) is 3. The van der Waals surface area contributed by atoms with Crippen molar-refractivity contribution in [3.63, 3.8) is 0 Å². The molecule has 4 atom stereocenters. The molecule has 2 aliphatic carbocycles. The van der Waals surface area contributed by atoms with Crippen molar-refractivity contribution in [1.82, 2.24) is 15.5 Å². The quantitative estimate of drug-likeness (QED) is 0.613. The van der Waals surface area contributed by atoms with Gasteiger partial charge in [0, 0.05) is 38.6 Å². The van der Waals surface area contributed by atoms with Crippen LogP contribution in [0.2, 0.25) is 0 Å². The number of carbonyl (C=O) groups excluding carboxylic acids is 1. The third kappa shape index (κ3) is 4.72. The lowest BCUT2D eigenvalue weighted by Gasteiger charge is -2.50. The second-order valence-corrected chi connectivity index (χ2v) is 10.3. The molecule has 6 heteroatoms. The van der Waals surface area contributed by atoms with E-state index in [1.807, 2.05) is 6.92 Å². The largest absolute Gasteiger partial charge is 0.390 e. The molecule has 0 spiro atoms. The van der Waals surface area contributed by atoms with Crippen LogP contribution in [0.25, 0.3) is 0 Å². The topological polar surface area (TPSA) is 73.8 Å². The molecule has 6 nitrogen and oxygen atoms in total. The molecule has 3 rings (SSSR count). The lowest BCUT2D eigenvalue weighted by atomic mass is 9.57. The second kappa shape index (κ2) is 8.58. The van der Waals surface area contributed by atoms with E-state index in [0.29, 0.717) is 24.9 Å². The summed E-state index contributed by atoms with van der Waals surface area (Å²) in [5, 5.41) is 17.4. The highest BCUT2D eigenvalue weighted by Crippen LogP contribution is 2.63. The Morgan fingerprint density at radius 2 is 1.89 bits per heavy atom. The number of hydrogen-bond acceptors (Lipinski definition) is 5. The van der Waals surface area contributed by atoms with Crippen LogP contribution in [0.5, 0.6) is 0 Å². The van der Waals surface area contributed by atoms with Crippen molar-refractivity contribution in [2.75, 3.05) is 46.4 Å². The minimum atomic E-state index is -0.575. The molecule has 1 amide bonds. The zero-order valence-electron chi connectivity index (χ0n) is 18.4. The number of amides is 1. The van der Waals surface area contributed by atoms with E-state index in [4.69, 9.17) is 4.74 Å². The molecule has 1 saturated heterocycles. The van der Waals surface area contributed by atoms with Crippen LogP contribution in [0.3, 0.4) is 0 Å². The highest BCUT2D eigenvalue weighted by atomic mass is 16.5. The first kappa shape index (κ1) is 22.0. The van der Waals surface area contributed by atoms with Crippen molar-refractivity contribution >= 4 is 5.91 Å². The number of nitrogens with zero attached hydrogens (tertiary/aromatic N) is 1. The maximum Gasteiger partial charge on any atom is 0.220 e. The summed E-state index contributed by atoms with van der Waals surface area (Å²) in [5.41, 5.74) is -0.276. The molecule has 1 aliphatic heterocycles. The van der Waals surface area contributed by atoms with Crippen molar-refractivity contribution in [3.8, 4) is 0 Å². The van der Waals surface area contributed by atoms with E-state index in [-0.39, 0.29) is 16.7 Å². The monoisotopic (exact) mass is 395 g/mol. The van der Waals surface area contributed by atoms with Gasteiger partial charge in [-0.1, -0.05) is 13.8 Å². The van der Waals surface area contributed by atoms with Crippen LogP contribution >= 0.6 is 0 Å². The summed E-state index contributed by atoms with van der Waals surface area (Å²) in [5.74, 6) is 0.612. The van der Waals surface area contributed by atoms with Crippen LogP contribution in [0.4, 0.5) is 0 Å². The fourth-order valence-electron chi connectivity index (χ4n) is 6.24. The predicted molar refractivity (Wildman–Crippen MR) is 111 cm³/mol. The number of morpholine rings is 1. The molecule has 3 fully saturated rings. The fraction of sp³-hybridized carbons (Fsp3) is 0.955. The first-order valence-corrected chi connectivity index (χ1v) is 11.1. The normalized spacial score (nSPS) is 38.2. The Bertz CT molecular complexity index is 545. The van der Waals surface area contributed by atoms with Crippen molar-refractivity contribution < 1.29 is 14.6 Å². The summed E-state index contributed by atoms with van der Waals surface area (Å²) in [6.45, 7) is 11.8. The van der Waals surface area contributed by atoms with Gasteiger partial charge in [0.25, 0.3) is 0 Å². The van der Waals surface area contributed by atoms with Gasteiger partial charge >= 0.3 is 0 Å². The summed E-state index contributed by atoms with van der Waals surface area (Å²) in [6, 6.07) is 0.421. The van der Waals surface area contributed by atoms with Crippen LogP contribution in [0, 0.1) is 16.7 Å². The molecule has 0 aromatic rings. The zero-order valence-corrected chi connectivity index (χ0v) is 18.4. The van der Waals surface area contributed by atoms with Gasteiger partial charge in [-0.25, -0.2) is 0 Å². The molecule has 0 bridgehead atoms. The minimum Gasteiger partial charge on any atom is -0.390 e. The molecule has 0 unspecified atom stereocenters. The highest BCUT2D eigenvalue weighted by molar-refractivity contribution is 5.75. The average Bonchev–Trinajstić information content (AvgIpc) is 2.87. The molecule has 28 heavy (non-hydrogen) atoms. The van der Waals surface area contributed by atoms with E-state index in [1.165, 1.54) is 0 Å². The molecular formula is C22H41N3O3. The number of ether oxygens (including phenoxy) is 1. The smallest absolute Gasteiger partial charge is 0.220 e. The van der Waals surface area contributed by atoms with Crippen molar-refractivity contribution in [3.05, 3.63) is 0 Å². The van der Waals surface area contributed by atoms with Gasteiger partial charge in [0.2, 0.25) is 5.91 Å². The average molecular weight is 396 g/mol. The lowest BCUT2D eigenvalue weighted by molar-refractivity contribution is -0.123. The van der Waals surface area contributed by atoms with E-state index in [1.54, 1.807) is 0 Å². The van der Waals surface area contributed by atoms with E-state index in [9.17, 15) is 9.90 Å². The summed E-state index contributed by atoms with van der Waals surface area (Å²) >= 11 is 0. The van der Waals surface area contributed by atoms with Crippen LogP contribution in [0.15, 0.2) is 0 Å². The number of aliphatic hydroxyl groups is 1. The van der Waals surface area contributed by atoms with Crippen LogP contribution in [-0.4, -0.2) is 74.0 Å². The standard InChI is InChI=1S/C22H41N3O3/c1-20(2)16-18(23-4)22(8-7-21(3,27)15-17(20)22)6-5-19(26)24-9-10-25-11-13-28-14-12-25/h17-18,23,27H,5-16H2,1-4H3,(H,24,26)/t17-,18-,21-,22-/m0/s1. The van der Waals surface area contributed by atoms with E-state index in [0.717, 1.165) is 65.0 Å². The molecule has 2 saturated carbocycles. The molecule has 162 valence electrons. The Hall–Kier alpha value is -0.690. The second-order valence-electron chi connectivity index (χ2n) is 10.3. The number of nitrogens with one attached hydrogen (secondary N) is 2. The lowest BCUT2D eigenvalue weighted by Crippen LogP contribution is -2.51. The van der Waals surface area contributed by atoms with E-state index < -0.39 is 5.60 Å². The Kier molecular flexibility index (Phi) is 6.75. The SMILES string of the molecule is CN[C@H]1CC(C)(C)[C@@H]2C[C@@](C)(O)CC[C@]12CCC(=O)NCCN1CCOCC1. The number of rotatable bonds is 7. The molecule has 3 N–H and O–H groups in total. The van der Waals surface area contributed by atoms with Crippen LogP contribution in [-0.2, 0) is 9.53 Å². The fourth-order valence-corrected chi connectivity index (χ4v) is 6.24. The third-order valence-corrected chi connectivity index (χ3v) is 7.85. The summed E-state index contributed by atoms with van der Waals surface area (Å²) in [4.78, 5) is 14.9. The highest BCUT2D eigenvalue weighted by Gasteiger charge is 2.60. The van der Waals surface area contributed by atoms with Gasteiger partial charge < -0.3 is 20.5 Å². The van der Waals surface area contributed by atoms with Gasteiger partial charge in [0.05, 0.1) is 18.8 Å². The van der Waals surface area contributed by atoms with Crippen molar-refractivity contribution in [1.29, 1.82) is 0 Å². The van der Waals surface area contributed by atoms with E-state index >= 15 is 0 Å². The van der Waals surface area contributed by atoms with Crippen LogP contribution < -0.4 is 10.6 Å². The van der Waals surface area contributed by atoms with Gasteiger partial charge in [-0.05, 0) is 62.8 Å². The molecule has 0 radical (unpaired) electrons. The van der Waals surface area contributed by atoms with Crippen LogP contribution in [0.1, 0.15) is 59.3 Å². The summed E-state index contributed by atoms with van der Waals surface area (Å²) < 4.78 is 5.37. The first-order valence-electron chi connectivity index (χ1n) is 11.1. The van der Waals surface area contributed by atoms with Gasteiger partial charge in [-0.2, -0.15) is 0 Å². The van der Waals surface area contributed by atoms with Gasteiger partial charge in [-0.3, -0.25) is 9.69 Å². The maximum absolute atomic E-state index is 12.6. The molecule has 0 aromatic carbocycles. The number of fused-ring (bicyclic) bond motifs is 1. The predicted octanol–water partition coefficient (Wildman–Crippen LogP) is 1.77. The summed E-state index contributed by atoms with van der Waals surface area (Å²) in [7, 11) is 2.06. The Morgan fingerprint density at radius 1 is 1.18 bits per heavy atom. The van der Waals surface area contributed by atoms with Crippen molar-refractivity contribution in [2.45, 2.75) is 70.9 Å². The maximum atomic E-state index is 12.6. The van der Waals surface area contributed by atoms with Gasteiger partial charge in [-0.15, -0.1) is 0 Å².